The number of anilines is 2. The Hall–Kier alpha value is -5.46. The minimum Gasteiger partial charge on any atom is -0.456 e. The van der Waals surface area contributed by atoms with Crippen LogP contribution in [-0.2, 0) is 20.0 Å². The molecule has 5 aromatic rings. The second-order valence-corrected chi connectivity index (χ2v) is 21.8. The first-order valence-electron chi connectivity index (χ1n) is 21.3. The number of H-pyrrole nitrogens is 1. The average Bonchev–Trinajstić information content (AvgIpc) is 3.73. The maximum atomic E-state index is 14.0. The van der Waals surface area contributed by atoms with Gasteiger partial charge in [0.1, 0.15) is 17.2 Å². The van der Waals surface area contributed by atoms with Gasteiger partial charge in [-0.2, -0.15) is 0 Å². The Kier molecular flexibility index (Phi) is 12.8. The Bertz CT molecular complexity index is 2830. The van der Waals surface area contributed by atoms with Crippen molar-refractivity contribution in [1.82, 2.24) is 18.9 Å². The van der Waals surface area contributed by atoms with Gasteiger partial charge in [-0.3, -0.25) is 19.8 Å². The van der Waals surface area contributed by atoms with Crippen LogP contribution in [0, 0.1) is 15.5 Å². The second kappa shape index (κ2) is 18.2. The minimum absolute atomic E-state index is 0.0461. The molecule has 0 atom stereocenters. The molecule has 4 aromatic carbocycles. The number of rotatable bonds is 13. The number of allylic oxidation sites excluding steroid dienone is 1. The third kappa shape index (κ3) is 10.4. The molecule has 3 aliphatic rings. The highest BCUT2D eigenvalue weighted by molar-refractivity contribution is 7.90. The van der Waals surface area contributed by atoms with Crippen molar-refractivity contribution in [3.63, 3.8) is 0 Å². The number of nitrogens with one attached hydrogen (secondary N) is 3. The number of nitrogens with zero attached hydrogens (tertiary/aromatic N) is 4. The van der Waals surface area contributed by atoms with E-state index in [-0.39, 0.29) is 41.5 Å². The van der Waals surface area contributed by atoms with Gasteiger partial charge in [-0.1, -0.05) is 43.2 Å². The van der Waals surface area contributed by atoms with Gasteiger partial charge in [0.05, 0.1) is 21.6 Å². The van der Waals surface area contributed by atoms with Crippen LogP contribution >= 0.6 is 11.6 Å². The first-order valence-corrected chi connectivity index (χ1v) is 25.0. The zero-order valence-corrected chi connectivity index (χ0v) is 38.4. The summed E-state index contributed by atoms with van der Waals surface area (Å²) < 4.78 is 61.2. The molecule has 8 rings (SSSR count). The quantitative estimate of drug-likeness (QED) is 0.0762. The predicted octanol–water partition coefficient (Wildman–Crippen LogP) is 8.26. The number of hydrogen-bond donors (Lipinski definition) is 3. The summed E-state index contributed by atoms with van der Waals surface area (Å²) in [6, 6.07) is 23.6. The number of halogens is 1. The van der Waals surface area contributed by atoms with E-state index in [0.29, 0.717) is 31.7 Å². The number of piperazine rings is 1. The number of sulfonamides is 2. The molecule has 64 heavy (non-hydrogen) atoms. The number of benzene rings is 4. The Morgan fingerprint density at radius 3 is 2.36 bits per heavy atom. The monoisotopic (exact) mass is 929 g/mol. The van der Waals surface area contributed by atoms with Gasteiger partial charge < -0.3 is 19.9 Å². The smallest absolute Gasteiger partial charge is 0.293 e. The van der Waals surface area contributed by atoms with Crippen LogP contribution in [0.2, 0.25) is 5.02 Å². The van der Waals surface area contributed by atoms with Crippen molar-refractivity contribution in [3.8, 4) is 11.5 Å². The van der Waals surface area contributed by atoms with Crippen molar-refractivity contribution >= 4 is 71.1 Å². The Morgan fingerprint density at radius 2 is 1.66 bits per heavy atom. The lowest BCUT2D eigenvalue weighted by molar-refractivity contribution is -0.384. The SMILES string of the molecule is CC1(C)CCC(CN2CCN(c3ccc(C(=O)NS(=O)(=O)c4ccc(NC5CCN(S(C)(=O)=O)CC5)c([N+](=O)[O-])c4)c(Oc4ccc5[nH]ccc5c4)c3)CC2)=C(c2ccc(Cl)cc2)C1. The van der Waals surface area contributed by atoms with Gasteiger partial charge in [-0.25, -0.2) is 25.9 Å². The van der Waals surface area contributed by atoms with Gasteiger partial charge in [0, 0.05) is 91.8 Å². The Balaban J connectivity index is 0.998. The van der Waals surface area contributed by atoms with E-state index < -0.39 is 41.5 Å². The molecule has 2 aliphatic heterocycles. The summed E-state index contributed by atoms with van der Waals surface area (Å²) in [5, 5.41) is 16.9. The molecule has 3 N–H and O–H groups in total. The van der Waals surface area contributed by atoms with E-state index in [1.807, 2.05) is 30.3 Å². The van der Waals surface area contributed by atoms with Gasteiger partial charge in [-0.15, -0.1) is 0 Å². The van der Waals surface area contributed by atoms with Crippen LogP contribution in [0.15, 0.2) is 102 Å². The molecule has 2 saturated heterocycles. The lowest BCUT2D eigenvalue weighted by atomic mass is 9.72. The van der Waals surface area contributed by atoms with Crippen LogP contribution < -0.4 is 19.7 Å². The van der Waals surface area contributed by atoms with Gasteiger partial charge >= 0.3 is 0 Å². The molecule has 338 valence electrons. The normalized spacial score (nSPS) is 18.0. The molecular weight excluding hydrogens is 878 g/mol. The lowest BCUT2D eigenvalue weighted by Crippen LogP contribution is -2.47. The fraction of sp³-hybridized carbons (Fsp3) is 0.370. The molecule has 0 unspecified atom stereocenters. The number of nitro benzene ring substituents is 1. The molecule has 3 heterocycles. The summed E-state index contributed by atoms with van der Waals surface area (Å²) in [5.41, 5.74) is 5.53. The number of aromatic nitrogens is 1. The Labute approximate surface area is 378 Å². The fourth-order valence-corrected chi connectivity index (χ4v) is 10.8. The molecule has 0 radical (unpaired) electrons. The van der Waals surface area contributed by atoms with E-state index in [0.717, 1.165) is 72.8 Å². The summed E-state index contributed by atoms with van der Waals surface area (Å²) in [4.78, 5) is 32.8. The number of aromatic amines is 1. The maximum absolute atomic E-state index is 14.0. The molecule has 0 saturated carbocycles. The predicted molar refractivity (Wildman–Crippen MR) is 250 cm³/mol. The number of nitro groups is 1. The van der Waals surface area contributed by atoms with Crippen LogP contribution in [0.5, 0.6) is 11.5 Å². The van der Waals surface area contributed by atoms with E-state index >= 15 is 0 Å². The highest BCUT2D eigenvalue weighted by atomic mass is 35.5. The molecule has 1 aliphatic carbocycles. The standard InChI is InChI=1S/C46H52ClN7O8S2/c1-46(2)18-14-33(40(29-46)31-4-6-34(47)7-5-31)30-51-22-24-52(25-23-51)36-8-11-39(44(27-36)62-37-9-12-41-32(26-37)15-19-48-41)45(55)50-64(60,61)38-10-13-42(43(28-38)54(56)57)49-35-16-20-53(21-17-35)63(3,58)59/h4-13,15,19,26-28,35,48-49H,14,16-18,20-25,29-30H2,1-3H3,(H,50,55). The highest BCUT2D eigenvalue weighted by Crippen LogP contribution is 2.43. The third-order valence-corrected chi connectivity index (χ3v) is 15.4. The average molecular weight is 931 g/mol. The van der Waals surface area contributed by atoms with E-state index in [1.165, 1.54) is 39.2 Å². The van der Waals surface area contributed by atoms with Crippen LogP contribution in [0.25, 0.3) is 16.5 Å². The number of piperidine rings is 1. The number of amides is 1. The second-order valence-electron chi connectivity index (χ2n) is 17.7. The van der Waals surface area contributed by atoms with Gasteiger partial charge in [0.15, 0.2) is 0 Å². The molecule has 18 heteroatoms. The summed E-state index contributed by atoms with van der Waals surface area (Å²) in [6.45, 7) is 9.07. The van der Waals surface area contributed by atoms with Crippen LogP contribution in [0.3, 0.4) is 0 Å². The fourth-order valence-electron chi connectivity index (χ4n) is 8.84. The van der Waals surface area contributed by atoms with E-state index in [2.05, 4.69) is 50.8 Å². The lowest BCUT2D eigenvalue weighted by Gasteiger charge is -2.39. The van der Waals surface area contributed by atoms with E-state index in [9.17, 15) is 31.7 Å². The molecule has 15 nitrogen and oxygen atoms in total. The van der Waals surface area contributed by atoms with Gasteiger partial charge in [0.25, 0.3) is 21.6 Å². The zero-order chi connectivity index (χ0) is 45.4. The number of fused-ring (bicyclic) bond motifs is 1. The first-order chi connectivity index (χ1) is 30.4. The largest absolute Gasteiger partial charge is 0.456 e. The van der Waals surface area contributed by atoms with E-state index in [1.54, 1.807) is 24.4 Å². The topological polar surface area (TPSA) is 187 Å². The van der Waals surface area contributed by atoms with Crippen molar-refractivity contribution in [2.45, 2.75) is 56.9 Å². The van der Waals surface area contributed by atoms with Crippen molar-refractivity contribution in [2.75, 3.05) is 62.3 Å². The first kappa shape index (κ1) is 45.1. The zero-order valence-electron chi connectivity index (χ0n) is 36.0. The molecule has 0 spiro atoms. The number of carbonyl (C=O) groups is 1. The molecular formula is C46H52ClN7O8S2. The molecule has 1 amide bonds. The van der Waals surface area contributed by atoms with Gasteiger partial charge in [-0.05, 0) is 109 Å². The minimum atomic E-state index is -4.62. The number of hydrogen-bond acceptors (Lipinski definition) is 11. The summed E-state index contributed by atoms with van der Waals surface area (Å²) in [6.07, 6.45) is 6.92. The number of ether oxygens (including phenoxy) is 1. The Morgan fingerprint density at radius 1 is 0.922 bits per heavy atom. The van der Waals surface area contributed by atoms with Crippen LogP contribution in [0.1, 0.15) is 61.9 Å². The third-order valence-electron chi connectivity index (χ3n) is 12.5. The molecule has 0 bridgehead atoms. The van der Waals surface area contributed by atoms with Crippen LogP contribution in [-0.4, -0.2) is 100.0 Å². The van der Waals surface area contributed by atoms with Gasteiger partial charge in [0.2, 0.25) is 10.0 Å². The summed E-state index contributed by atoms with van der Waals surface area (Å²) in [5.74, 6) is -0.401. The van der Waals surface area contributed by atoms with Crippen molar-refractivity contribution in [1.29, 1.82) is 0 Å². The molecule has 2 fully saturated rings. The number of carbonyl (C=O) groups excluding carboxylic acids is 1. The van der Waals surface area contributed by atoms with Crippen molar-refractivity contribution in [3.05, 3.63) is 123 Å². The summed E-state index contributed by atoms with van der Waals surface area (Å²) >= 11 is 6.24. The van der Waals surface area contributed by atoms with E-state index in [4.69, 9.17) is 16.3 Å². The summed E-state index contributed by atoms with van der Waals surface area (Å²) in [7, 11) is -7.98. The maximum Gasteiger partial charge on any atom is 0.293 e. The highest BCUT2D eigenvalue weighted by Gasteiger charge is 2.31. The van der Waals surface area contributed by atoms with Crippen LogP contribution in [0.4, 0.5) is 17.1 Å². The van der Waals surface area contributed by atoms with Crippen molar-refractivity contribution < 1.29 is 31.3 Å². The van der Waals surface area contributed by atoms with Crippen molar-refractivity contribution in [2.24, 2.45) is 5.41 Å². The molecule has 1 aromatic heterocycles.